The van der Waals surface area contributed by atoms with Crippen LogP contribution in [0.4, 0.5) is 16.2 Å². The van der Waals surface area contributed by atoms with Crippen molar-refractivity contribution in [3.63, 3.8) is 0 Å². The average Bonchev–Trinajstić information content (AvgIpc) is 2.66. The Morgan fingerprint density at radius 3 is 2.84 bits per heavy atom. The fraction of sp³-hybridized carbons (Fsp3) is 0.389. The van der Waals surface area contributed by atoms with Crippen molar-refractivity contribution in [1.82, 2.24) is 15.6 Å². The van der Waals surface area contributed by atoms with Gasteiger partial charge < -0.3 is 10.2 Å². The van der Waals surface area contributed by atoms with Gasteiger partial charge in [0.1, 0.15) is 0 Å². The number of imide groups is 1. The van der Waals surface area contributed by atoms with Crippen molar-refractivity contribution in [3.05, 3.63) is 30.6 Å². The minimum atomic E-state index is -0.432. The number of rotatable bonds is 5. The fourth-order valence-electron chi connectivity index (χ4n) is 3.24. The topological polar surface area (TPSA) is 77.6 Å². The van der Waals surface area contributed by atoms with Crippen molar-refractivity contribution in [3.8, 4) is 0 Å². The summed E-state index contributed by atoms with van der Waals surface area (Å²) in [6.45, 7) is 6.28. The molecule has 2 N–H and O–H groups in total. The largest absolute Gasteiger partial charge is 0.368 e. The molecule has 0 atom stereocenters. The second kappa shape index (κ2) is 7.94. The number of hydrogen-bond donors (Lipinski definition) is 2. The molecule has 0 radical (unpaired) electrons. The van der Waals surface area contributed by atoms with Crippen LogP contribution in [0.1, 0.15) is 13.3 Å². The monoisotopic (exact) mass is 341 g/mol. The molecule has 0 saturated carbocycles. The molecule has 0 spiro atoms. The highest BCUT2D eigenvalue weighted by molar-refractivity contribution is 6.07. The molecule has 1 aromatic heterocycles. The number of pyridine rings is 1. The zero-order valence-electron chi connectivity index (χ0n) is 14.4. The number of carbonyl (C=O) groups excluding carboxylic acids is 2. The number of urea groups is 1. The van der Waals surface area contributed by atoms with Crippen LogP contribution in [0.2, 0.25) is 0 Å². The maximum Gasteiger partial charge on any atom is 0.328 e. The lowest BCUT2D eigenvalue weighted by Gasteiger charge is -2.31. The molecule has 0 bridgehead atoms. The first-order valence-corrected chi connectivity index (χ1v) is 8.60. The van der Waals surface area contributed by atoms with Gasteiger partial charge >= 0.3 is 6.03 Å². The Labute approximate surface area is 147 Å². The molecular formula is C18H23N5O2. The summed E-state index contributed by atoms with van der Waals surface area (Å²) in [7, 11) is 0. The number of nitrogens with one attached hydrogen (secondary N) is 2. The van der Waals surface area contributed by atoms with Crippen LogP contribution in [-0.2, 0) is 4.79 Å². The summed E-state index contributed by atoms with van der Waals surface area (Å²) < 4.78 is 0. The lowest BCUT2D eigenvalue weighted by atomic mass is 10.1. The van der Waals surface area contributed by atoms with Crippen LogP contribution in [0.25, 0.3) is 10.8 Å². The molecule has 2 heterocycles. The van der Waals surface area contributed by atoms with Crippen molar-refractivity contribution in [2.45, 2.75) is 13.3 Å². The highest BCUT2D eigenvalue weighted by Crippen LogP contribution is 2.32. The zero-order valence-corrected chi connectivity index (χ0v) is 14.4. The smallest absolute Gasteiger partial charge is 0.328 e. The SMILES string of the molecule is CCCN(C(=O)NC=O)c1cncc2c(N3CCNCC3)cccc12. The van der Waals surface area contributed by atoms with Crippen LogP contribution >= 0.6 is 0 Å². The Morgan fingerprint density at radius 2 is 2.12 bits per heavy atom. The van der Waals surface area contributed by atoms with E-state index in [9.17, 15) is 9.59 Å². The number of benzene rings is 1. The maximum absolute atomic E-state index is 12.3. The molecule has 1 aromatic carbocycles. The fourth-order valence-corrected chi connectivity index (χ4v) is 3.24. The second-order valence-corrected chi connectivity index (χ2v) is 5.99. The summed E-state index contributed by atoms with van der Waals surface area (Å²) in [5, 5.41) is 7.56. The lowest BCUT2D eigenvalue weighted by molar-refractivity contribution is -0.108. The number of amides is 3. The van der Waals surface area contributed by atoms with Gasteiger partial charge in [-0.25, -0.2) is 4.79 Å². The highest BCUT2D eigenvalue weighted by atomic mass is 16.2. The van der Waals surface area contributed by atoms with Gasteiger partial charge in [-0.15, -0.1) is 0 Å². The third kappa shape index (κ3) is 3.56. The first-order valence-electron chi connectivity index (χ1n) is 8.60. The number of carbonyl (C=O) groups is 2. The van der Waals surface area contributed by atoms with Crippen molar-refractivity contribution >= 4 is 34.6 Å². The summed E-state index contributed by atoms with van der Waals surface area (Å²) in [6, 6.07) is 5.66. The van der Waals surface area contributed by atoms with Crippen molar-refractivity contribution < 1.29 is 9.59 Å². The van der Waals surface area contributed by atoms with Gasteiger partial charge in [0.05, 0.1) is 11.9 Å². The van der Waals surface area contributed by atoms with E-state index in [1.54, 1.807) is 11.1 Å². The van der Waals surface area contributed by atoms with Crippen molar-refractivity contribution in [2.75, 3.05) is 42.5 Å². The Balaban J connectivity index is 2.06. The van der Waals surface area contributed by atoms with E-state index in [0.717, 1.165) is 54.7 Å². The third-order valence-electron chi connectivity index (χ3n) is 4.38. The predicted molar refractivity (Wildman–Crippen MR) is 99.1 cm³/mol. The number of hydrogen-bond acceptors (Lipinski definition) is 5. The molecule has 3 rings (SSSR count). The molecule has 0 aliphatic carbocycles. The summed E-state index contributed by atoms with van der Waals surface area (Å²) in [5.74, 6) is 0. The molecule has 7 heteroatoms. The Morgan fingerprint density at radius 1 is 1.32 bits per heavy atom. The van der Waals surface area contributed by atoms with E-state index in [1.165, 1.54) is 0 Å². The van der Waals surface area contributed by atoms with Crippen LogP contribution in [0, 0.1) is 0 Å². The van der Waals surface area contributed by atoms with Crippen LogP contribution in [-0.4, -0.2) is 50.1 Å². The van der Waals surface area contributed by atoms with E-state index in [1.807, 2.05) is 25.3 Å². The van der Waals surface area contributed by atoms with E-state index in [4.69, 9.17) is 0 Å². The second-order valence-electron chi connectivity index (χ2n) is 5.99. The van der Waals surface area contributed by atoms with E-state index >= 15 is 0 Å². The molecule has 3 amide bonds. The number of aromatic nitrogens is 1. The predicted octanol–water partition coefficient (Wildman–Crippen LogP) is 1.73. The molecule has 2 aromatic rings. The number of nitrogens with zero attached hydrogens (tertiary/aromatic N) is 3. The lowest BCUT2D eigenvalue weighted by Crippen LogP contribution is -2.43. The average molecular weight is 341 g/mol. The molecule has 0 unspecified atom stereocenters. The van der Waals surface area contributed by atoms with Gasteiger partial charge in [0.2, 0.25) is 6.41 Å². The third-order valence-corrected chi connectivity index (χ3v) is 4.38. The van der Waals surface area contributed by atoms with Gasteiger partial charge in [-0.1, -0.05) is 19.1 Å². The summed E-state index contributed by atoms with van der Waals surface area (Å²) in [6.07, 6.45) is 4.72. The van der Waals surface area contributed by atoms with Gasteiger partial charge in [-0.3, -0.25) is 20.0 Å². The van der Waals surface area contributed by atoms with E-state index in [-0.39, 0.29) is 0 Å². The molecule has 1 saturated heterocycles. The van der Waals surface area contributed by atoms with Crippen molar-refractivity contribution in [2.24, 2.45) is 0 Å². The Hall–Kier alpha value is -2.67. The van der Waals surface area contributed by atoms with Crippen LogP contribution < -0.4 is 20.4 Å². The molecule has 1 aliphatic rings. The normalized spacial score (nSPS) is 14.4. The van der Waals surface area contributed by atoms with E-state index in [2.05, 4.69) is 26.6 Å². The first-order chi connectivity index (χ1) is 12.3. The number of fused-ring (bicyclic) bond motifs is 1. The summed E-state index contributed by atoms with van der Waals surface area (Å²) in [4.78, 5) is 31.3. The van der Waals surface area contributed by atoms with Gasteiger partial charge in [0, 0.05) is 55.4 Å². The van der Waals surface area contributed by atoms with Crippen molar-refractivity contribution in [1.29, 1.82) is 0 Å². The standard InChI is InChI=1S/C18H23N5O2/c1-2-8-23(18(25)21-13-24)17-12-20-11-15-14(17)4-3-5-16(15)22-9-6-19-7-10-22/h3-5,11-13,19H,2,6-10H2,1H3,(H,21,24,25). The molecule has 132 valence electrons. The maximum atomic E-state index is 12.3. The van der Waals surface area contributed by atoms with Crippen LogP contribution in [0.5, 0.6) is 0 Å². The van der Waals surface area contributed by atoms with Gasteiger partial charge in [0.15, 0.2) is 0 Å². The molecule has 7 nitrogen and oxygen atoms in total. The van der Waals surface area contributed by atoms with Gasteiger partial charge in [-0.05, 0) is 12.5 Å². The Bertz CT molecular complexity index is 758. The van der Waals surface area contributed by atoms with Crippen LogP contribution in [0.3, 0.4) is 0 Å². The summed E-state index contributed by atoms with van der Waals surface area (Å²) in [5.41, 5.74) is 1.84. The first kappa shape index (κ1) is 17.2. The quantitative estimate of drug-likeness (QED) is 0.810. The minimum absolute atomic E-state index is 0.412. The summed E-state index contributed by atoms with van der Waals surface area (Å²) >= 11 is 0. The molecule has 25 heavy (non-hydrogen) atoms. The van der Waals surface area contributed by atoms with Gasteiger partial charge in [0.25, 0.3) is 0 Å². The van der Waals surface area contributed by atoms with Gasteiger partial charge in [-0.2, -0.15) is 0 Å². The van der Waals surface area contributed by atoms with Crippen LogP contribution in [0.15, 0.2) is 30.6 Å². The minimum Gasteiger partial charge on any atom is -0.368 e. The zero-order chi connectivity index (χ0) is 17.6. The number of anilines is 2. The molecule has 1 aliphatic heterocycles. The van der Waals surface area contributed by atoms with E-state index in [0.29, 0.717) is 13.0 Å². The highest BCUT2D eigenvalue weighted by Gasteiger charge is 2.20. The molecule has 1 fully saturated rings. The molecular weight excluding hydrogens is 318 g/mol. The Kier molecular flexibility index (Phi) is 5.45. The number of piperazine rings is 1. The van der Waals surface area contributed by atoms with E-state index < -0.39 is 6.03 Å².